The molecule has 2 rings (SSSR count). The molecule has 0 saturated carbocycles. The molecule has 0 N–H and O–H groups in total. The van der Waals surface area contributed by atoms with E-state index >= 15 is 0 Å². The fourth-order valence-corrected chi connectivity index (χ4v) is 2.68. The average Bonchev–Trinajstić information content (AvgIpc) is 2.33. The van der Waals surface area contributed by atoms with Gasteiger partial charge in [0.1, 0.15) is 0 Å². The predicted molar refractivity (Wildman–Crippen MR) is 76.6 cm³/mol. The number of halogens is 6. The monoisotopic (exact) mass is 338 g/mol. The van der Waals surface area contributed by atoms with Gasteiger partial charge in [0.2, 0.25) is 0 Å². The molecule has 20 heavy (non-hydrogen) atoms. The van der Waals surface area contributed by atoms with Crippen LogP contribution < -0.4 is 0 Å². The van der Waals surface area contributed by atoms with E-state index in [-0.39, 0.29) is 10.6 Å². The minimum atomic E-state index is -4.38. The molecule has 0 spiro atoms. The lowest BCUT2D eigenvalue weighted by Gasteiger charge is -2.13. The highest BCUT2D eigenvalue weighted by molar-refractivity contribution is 6.46. The smallest absolute Gasteiger partial charge is 0.166 e. The van der Waals surface area contributed by atoms with Crippen LogP contribution in [-0.2, 0) is 6.18 Å². The Kier molecular flexibility index (Phi) is 4.24. The Balaban J connectivity index is 2.62. The average molecular weight is 340 g/mol. The van der Waals surface area contributed by atoms with Crippen molar-refractivity contribution in [1.82, 2.24) is 0 Å². The molecule has 0 nitrogen and oxygen atoms in total. The summed E-state index contributed by atoms with van der Waals surface area (Å²) in [5.41, 5.74) is 0.336. The van der Waals surface area contributed by atoms with Crippen LogP contribution in [-0.4, -0.2) is 0 Å². The first-order valence-corrected chi connectivity index (χ1v) is 6.67. The Labute approximate surface area is 129 Å². The zero-order valence-corrected chi connectivity index (χ0v) is 12.4. The van der Waals surface area contributed by atoms with E-state index in [9.17, 15) is 13.2 Å². The Morgan fingerprint density at radius 3 is 2.05 bits per heavy atom. The molecule has 0 bridgehead atoms. The zero-order chi connectivity index (χ0) is 15.1. The highest BCUT2D eigenvalue weighted by atomic mass is 35.5. The second-order valence-corrected chi connectivity index (χ2v) is 5.44. The molecule has 106 valence electrons. The quantitative estimate of drug-likeness (QED) is 0.511. The maximum Gasteiger partial charge on any atom is 0.416 e. The van der Waals surface area contributed by atoms with Crippen molar-refractivity contribution in [2.24, 2.45) is 0 Å². The summed E-state index contributed by atoms with van der Waals surface area (Å²) in [6.07, 6.45) is -4.38. The van der Waals surface area contributed by atoms with E-state index in [0.29, 0.717) is 21.2 Å². The van der Waals surface area contributed by atoms with Crippen LogP contribution in [0.3, 0.4) is 0 Å². The van der Waals surface area contributed by atoms with Crippen molar-refractivity contribution in [2.45, 2.75) is 13.1 Å². The summed E-state index contributed by atoms with van der Waals surface area (Å²) >= 11 is 18.0. The molecule has 2 aromatic rings. The molecule has 0 aromatic heterocycles. The third-order valence-corrected chi connectivity index (χ3v) is 3.98. The van der Waals surface area contributed by atoms with Crippen LogP contribution in [0.5, 0.6) is 0 Å². The molecular weight excluding hydrogens is 332 g/mol. The number of rotatable bonds is 1. The highest BCUT2D eigenvalue weighted by Crippen LogP contribution is 2.41. The lowest BCUT2D eigenvalue weighted by molar-refractivity contribution is -0.138. The molecule has 0 amide bonds. The van der Waals surface area contributed by atoms with Gasteiger partial charge in [-0.3, -0.25) is 0 Å². The van der Waals surface area contributed by atoms with Crippen LogP contribution in [0.15, 0.2) is 30.3 Å². The molecule has 0 aliphatic rings. The second kappa shape index (κ2) is 5.47. The van der Waals surface area contributed by atoms with Gasteiger partial charge in [-0.15, -0.1) is 0 Å². The van der Waals surface area contributed by atoms with Crippen LogP contribution in [0.1, 0.15) is 11.1 Å². The number of aryl methyl sites for hydroxylation is 1. The Hall–Kier alpha value is -0.900. The molecule has 6 heteroatoms. The Bertz CT molecular complexity index is 663. The van der Waals surface area contributed by atoms with Crippen molar-refractivity contribution in [2.75, 3.05) is 0 Å². The minimum Gasteiger partial charge on any atom is -0.166 e. The summed E-state index contributed by atoms with van der Waals surface area (Å²) in [4.78, 5) is 0. The molecule has 0 radical (unpaired) electrons. The van der Waals surface area contributed by atoms with E-state index in [1.807, 2.05) is 0 Å². The van der Waals surface area contributed by atoms with Crippen molar-refractivity contribution in [3.63, 3.8) is 0 Å². The fraction of sp³-hybridized carbons (Fsp3) is 0.143. The topological polar surface area (TPSA) is 0 Å². The van der Waals surface area contributed by atoms with Gasteiger partial charge in [-0.1, -0.05) is 46.9 Å². The minimum absolute atomic E-state index is 0.0992. The van der Waals surface area contributed by atoms with Gasteiger partial charge in [-0.25, -0.2) is 0 Å². The van der Waals surface area contributed by atoms with Crippen molar-refractivity contribution in [1.29, 1.82) is 0 Å². The predicted octanol–water partition coefficient (Wildman–Crippen LogP) is 6.64. The van der Waals surface area contributed by atoms with E-state index in [1.165, 1.54) is 25.1 Å². The van der Waals surface area contributed by atoms with Gasteiger partial charge in [0, 0.05) is 10.6 Å². The SMILES string of the molecule is Cc1cc(-c2c(Cl)ccc(Cl)c2Cl)ccc1C(F)(F)F. The van der Waals surface area contributed by atoms with Gasteiger partial charge in [0.25, 0.3) is 0 Å². The molecule has 0 aliphatic heterocycles. The maximum absolute atomic E-state index is 12.7. The molecule has 0 atom stereocenters. The summed E-state index contributed by atoms with van der Waals surface area (Å²) in [5.74, 6) is 0. The molecule has 0 unspecified atom stereocenters. The maximum atomic E-state index is 12.7. The highest BCUT2D eigenvalue weighted by Gasteiger charge is 2.32. The molecule has 0 saturated heterocycles. The largest absolute Gasteiger partial charge is 0.416 e. The van der Waals surface area contributed by atoms with Gasteiger partial charge < -0.3 is 0 Å². The first kappa shape index (κ1) is 15.5. The van der Waals surface area contributed by atoms with Gasteiger partial charge in [-0.05, 0) is 36.2 Å². The lowest BCUT2D eigenvalue weighted by atomic mass is 9.99. The Morgan fingerprint density at radius 1 is 0.900 bits per heavy atom. The lowest BCUT2D eigenvalue weighted by Crippen LogP contribution is -2.07. The first-order chi connectivity index (χ1) is 9.21. The summed E-state index contributed by atoms with van der Waals surface area (Å²) in [6, 6.07) is 6.83. The standard InChI is InChI=1S/C14H8Cl3F3/c1-7-6-8(2-3-9(7)14(18,19)20)12-10(15)4-5-11(16)13(12)17/h2-6H,1H3. The van der Waals surface area contributed by atoms with Gasteiger partial charge >= 0.3 is 6.18 Å². The van der Waals surface area contributed by atoms with Crippen molar-refractivity contribution >= 4 is 34.8 Å². The molecular formula is C14H8Cl3F3. The third-order valence-electron chi connectivity index (χ3n) is 2.86. The van der Waals surface area contributed by atoms with Crippen molar-refractivity contribution < 1.29 is 13.2 Å². The normalized spacial score (nSPS) is 11.8. The molecule has 2 aromatic carbocycles. The number of alkyl halides is 3. The zero-order valence-electron chi connectivity index (χ0n) is 10.2. The van der Waals surface area contributed by atoms with Gasteiger partial charge in [-0.2, -0.15) is 13.2 Å². The van der Waals surface area contributed by atoms with Crippen molar-refractivity contribution in [3.8, 4) is 11.1 Å². The number of hydrogen-bond donors (Lipinski definition) is 0. The van der Waals surface area contributed by atoms with Gasteiger partial charge in [0.15, 0.2) is 0 Å². The summed E-state index contributed by atoms with van der Waals surface area (Å²) in [7, 11) is 0. The number of hydrogen-bond acceptors (Lipinski definition) is 0. The third kappa shape index (κ3) is 2.90. The van der Waals surface area contributed by atoms with E-state index in [4.69, 9.17) is 34.8 Å². The van der Waals surface area contributed by atoms with E-state index in [0.717, 1.165) is 6.07 Å². The van der Waals surface area contributed by atoms with E-state index in [1.54, 1.807) is 6.07 Å². The molecule has 0 aliphatic carbocycles. The van der Waals surface area contributed by atoms with Crippen LogP contribution in [0.2, 0.25) is 15.1 Å². The van der Waals surface area contributed by atoms with E-state index < -0.39 is 11.7 Å². The summed E-state index contributed by atoms with van der Waals surface area (Å²) < 4.78 is 38.2. The first-order valence-electron chi connectivity index (χ1n) is 5.53. The van der Waals surface area contributed by atoms with Gasteiger partial charge in [0.05, 0.1) is 15.6 Å². The van der Waals surface area contributed by atoms with Crippen LogP contribution in [0.25, 0.3) is 11.1 Å². The second-order valence-electron chi connectivity index (χ2n) is 4.25. The Morgan fingerprint density at radius 2 is 1.50 bits per heavy atom. The molecule has 0 heterocycles. The fourth-order valence-electron chi connectivity index (χ4n) is 1.93. The summed E-state index contributed by atoms with van der Waals surface area (Å²) in [6.45, 7) is 1.39. The number of benzene rings is 2. The van der Waals surface area contributed by atoms with Crippen LogP contribution in [0.4, 0.5) is 13.2 Å². The van der Waals surface area contributed by atoms with Crippen molar-refractivity contribution in [3.05, 3.63) is 56.5 Å². The van der Waals surface area contributed by atoms with Crippen LogP contribution in [0, 0.1) is 6.92 Å². The van der Waals surface area contributed by atoms with E-state index in [2.05, 4.69) is 0 Å². The molecule has 0 fully saturated rings. The van der Waals surface area contributed by atoms with Crippen LogP contribution >= 0.6 is 34.8 Å². The summed E-state index contributed by atoms with van der Waals surface area (Å²) in [5, 5.41) is 0.848.